The summed E-state index contributed by atoms with van der Waals surface area (Å²) in [6.45, 7) is 1.84. The number of aromatic nitrogens is 1. The molecule has 0 saturated heterocycles. The van der Waals surface area contributed by atoms with Crippen molar-refractivity contribution in [1.82, 2.24) is 4.98 Å². The van der Waals surface area contributed by atoms with Gasteiger partial charge in [-0.1, -0.05) is 0 Å². The number of methoxy groups -OCH3 is 1. The number of rotatable bonds is 2. The first kappa shape index (κ1) is 8.14. The summed E-state index contributed by atoms with van der Waals surface area (Å²) in [5.41, 5.74) is 0.757. The predicted octanol–water partition coefficient (Wildman–Crippen LogP) is 1.93. The fraction of sp³-hybridized carbons (Fsp3) is 0.375. The number of nitrogens with zero attached hydrogens (tertiary/aromatic N) is 1. The first-order chi connectivity index (χ1) is 5.24. The maximum Gasteiger partial charge on any atom is 0.141 e. The van der Waals surface area contributed by atoms with Crippen LogP contribution in [0.3, 0.4) is 0 Å². The maximum absolute atomic E-state index is 12.5. The van der Waals surface area contributed by atoms with Gasteiger partial charge in [-0.2, -0.15) is 0 Å². The Labute approximate surface area is 65.0 Å². The minimum atomic E-state index is -0.327. The number of pyridine rings is 1. The molecule has 60 valence electrons. The van der Waals surface area contributed by atoms with E-state index in [-0.39, 0.29) is 11.9 Å². The molecule has 2 nitrogen and oxygen atoms in total. The van der Waals surface area contributed by atoms with E-state index in [1.807, 2.05) is 6.92 Å². The average Bonchev–Trinajstić information content (AvgIpc) is 2.03. The molecular weight excluding hydrogens is 145 g/mol. The second kappa shape index (κ2) is 3.44. The van der Waals surface area contributed by atoms with E-state index in [1.165, 1.54) is 12.3 Å². The van der Waals surface area contributed by atoms with Crippen LogP contribution < -0.4 is 0 Å². The third-order valence-electron chi connectivity index (χ3n) is 1.55. The maximum atomic E-state index is 12.5. The van der Waals surface area contributed by atoms with Gasteiger partial charge in [-0.15, -0.1) is 0 Å². The highest BCUT2D eigenvalue weighted by Crippen LogP contribution is 2.14. The molecule has 1 heterocycles. The van der Waals surface area contributed by atoms with Gasteiger partial charge in [0, 0.05) is 18.9 Å². The van der Waals surface area contributed by atoms with Crippen LogP contribution in [-0.4, -0.2) is 12.1 Å². The predicted molar refractivity (Wildman–Crippen MR) is 39.6 cm³/mol. The van der Waals surface area contributed by atoms with Crippen LogP contribution in [0.4, 0.5) is 4.39 Å². The quantitative estimate of drug-likeness (QED) is 0.651. The van der Waals surface area contributed by atoms with E-state index < -0.39 is 0 Å². The van der Waals surface area contributed by atoms with Gasteiger partial charge in [-0.05, 0) is 13.0 Å². The van der Waals surface area contributed by atoms with Crippen molar-refractivity contribution in [3.8, 4) is 0 Å². The minimum absolute atomic E-state index is 0.0989. The van der Waals surface area contributed by atoms with E-state index in [9.17, 15) is 4.39 Å². The Hall–Kier alpha value is -0.960. The zero-order valence-electron chi connectivity index (χ0n) is 6.54. The normalized spacial score (nSPS) is 13.0. The third kappa shape index (κ3) is 1.98. The van der Waals surface area contributed by atoms with Crippen LogP contribution in [0.2, 0.25) is 0 Å². The van der Waals surface area contributed by atoms with Crippen LogP contribution in [0.5, 0.6) is 0 Å². The van der Waals surface area contributed by atoms with Gasteiger partial charge in [0.25, 0.3) is 0 Å². The molecule has 0 aliphatic heterocycles. The number of hydrogen-bond acceptors (Lipinski definition) is 2. The van der Waals surface area contributed by atoms with Crippen molar-refractivity contribution in [3.05, 3.63) is 29.8 Å². The highest BCUT2D eigenvalue weighted by Gasteiger charge is 2.03. The molecule has 0 radical (unpaired) electrons. The second-order valence-electron chi connectivity index (χ2n) is 2.31. The standard InChI is InChI=1S/C8H10FNO/c1-6(11-2)7-3-8(9)5-10-4-7/h3-6H,1-2H3. The lowest BCUT2D eigenvalue weighted by atomic mass is 10.2. The van der Waals surface area contributed by atoms with Crippen LogP contribution in [0.1, 0.15) is 18.6 Å². The van der Waals surface area contributed by atoms with E-state index in [0.29, 0.717) is 0 Å². The van der Waals surface area contributed by atoms with E-state index in [2.05, 4.69) is 4.98 Å². The van der Waals surface area contributed by atoms with Crippen molar-refractivity contribution in [3.63, 3.8) is 0 Å². The molecule has 0 bridgehead atoms. The topological polar surface area (TPSA) is 22.1 Å². The number of hydrogen-bond donors (Lipinski definition) is 0. The molecule has 0 spiro atoms. The molecular formula is C8H10FNO. The molecule has 11 heavy (non-hydrogen) atoms. The minimum Gasteiger partial charge on any atom is -0.377 e. The Kier molecular flexibility index (Phi) is 2.54. The van der Waals surface area contributed by atoms with Crippen molar-refractivity contribution < 1.29 is 9.13 Å². The van der Waals surface area contributed by atoms with E-state index in [1.54, 1.807) is 13.3 Å². The van der Waals surface area contributed by atoms with Gasteiger partial charge in [0.1, 0.15) is 5.82 Å². The largest absolute Gasteiger partial charge is 0.377 e. The molecule has 3 heteroatoms. The molecule has 0 aliphatic carbocycles. The summed E-state index contributed by atoms with van der Waals surface area (Å²) >= 11 is 0. The molecule has 0 saturated carbocycles. The van der Waals surface area contributed by atoms with E-state index >= 15 is 0 Å². The Morgan fingerprint density at radius 3 is 2.82 bits per heavy atom. The van der Waals surface area contributed by atoms with Crippen LogP contribution in [0.25, 0.3) is 0 Å². The number of halogens is 1. The van der Waals surface area contributed by atoms with Gasteiger partial charge in [0.2, 0.25) is 0 Å². The monoisotopic (exact) mass is 155 g/mol. The summed E-state index contributed by atoms with van der Waals surface area (Å²) < 4.78 is 17.5. The van der Waals surface area contributed by atoms with Crippen molar-refractivity contribution in [2.45, 2.75) is 13.0 Å². The van der Waals surface area contributed by atoms with Crippen molar-refractivity contribution in [2.75, 3.05) is 7.11 Å². The first-order valence-corrected chi connectivity index (χ1v) is 3.37. The van der Waals surface area contributed by atoms with E-state index in [4.69, 9.17) is 4.74 Å². The highest BCUT2D eigenvalue weighted by molar-refractivity contribution is 5.12. The summed E-state index contributed by atoms with van der Waals surface area (Å²) in [6, 6.07) is 1.42. The summed E-state index contributed by atoms with van der Waals surface area (Å²) in [4.78, 5) is 3.70. The summed E-state index contributed by atoms with van der Waals surface area (Å²) in [6.07, 6.45) is 2.67. The van der Waals surface area contributed by atoms with Crippen molar-refractivity contribution in [1.29, 1.82) is 0 Å². The van der Waals surface area contributed by atoms with Crippen LogP contribution >= 0.6 is 0 Å². The fourth-order valence-corrected chi connectivity index (χ4v) is 0.787. The SMILES string of the molecule is COC(C)c1cncc(F)c1. The van der Waals surface area contributed by atoms with Gasteiger partial charge in [0.05, 0.1) is 12.3 Å². The Morgan fingerprint density at radius 1 is 1.55 bits per heavy atom. The molecule has 0 fully saturated rings. The highest BCUT2D eigenvalue weighted by atomic mass is 19.1. The van der Waals surface area contributed by atoms with Gasteiger partial charge in [0.15, 0.2) is 0 Å². The molecule has 1 aromatic rings. The fourth-order valence-electron chi connectivity index (χ4n) is 0.787. The molecule has 1 unspecified atom stereocenters. The Morgan fingerprint density at radius 2 is 2.27 bits per heavy atom. The van der Waals surface area contributed by atoms with Crippen LogP contribution in [0.15, 0.2) is 18.5 Å². The second-order valence-corrected chi connectivity index (χ2v) is 2.31. The molecule has 0 aromatic carbocycles. The van der Waals surface area contributed by atoms with Crippen LogP contribution in [0, 0.1) is 5.82 Å². The van der Waals surface area contributed by atoms with Crippen molar-refractivity contribution >= 4 is 0 Å². The Bertz CT molecular complexity index is 239. The summed E-state index contributed by atoms with van der Waals surface area (Å²) in [7, 11) is 1.58. The first-order valence-electron chi connectivity index (χ1n) is 3.37. The smallest absolute Gasteiger partial charge is 0.141 e. The molecule has 1 rings (SSSR count). The molecule has 1 atom stereocenters. The number of ether oxygens (including phenoxy) is 1. The van der Waals surface area contributed by atoms with Gasteiger partial charge >= 0.3 is 0 Å². The van der Waals surface area contributed by atoms with E-state index in [0.717, 1.165) is 5.56 Å². The Balaban J connectivity index is 2.86. The lowest BCUT2D eigenvalue weighted by Crippen LogP contribution is -1.96. The lowest BCUT2D eigenvalue weighted by Gasteiger charge is -2.07. The lowest BCUT2D eigenvalue weighted by molar-refractivity contribution is 0.119. The zero-order valence-corrected chi connectivity index (χ0v) is 6.54. The molecule has 1 aromatic heterocycles. The molecule has 0 N–H and O–H groups in total. The third-order valence-corrected chi connectivity index (χ3v) is 1.55. The summed E-state index contributed by atoms with van der Waals surface area (Å²) in [5, 5.41) is 0. The van der Waals surface area contributed by atoms with Gasteiger partial charge in [-0.3, -0.25) is 4.98 Å². The average molecular weight is 155 g/mol. The molecule has 0 aliphatic rings. The zero-order chi connectivity index (χ0) is 8.27. The van der Waals surface area contributed by atoms with Gasteiger partial charge in [-0.25, -0.2) is 4.39 Å². The van der Waals surface area contributed by atoms with Crippen molar-refractivity contribution in [2.24, 2.45) is 0 Å². The molecule has 0 amide bonds. The van der Waals surface area contributed by atoms with Gasteiger partial charge < -0.3 is 4.74 Å². The van der Waals surface area contributed by atoms with Crippen LogP contribution in [-0.2, 0) is 4.74 Å². The summed E-state index contributed by atoms with van der Waals surface area (Å²) in [5.74, 6) is -0.327.